The predicted molar refractivity (Wildman–Crippen MR) is 154 cm³/mol. The maximum absolute atomic E-state index is 10.2. The molecule has 10 nitrogen and oxygen atoms in total. The number of nitriles is 1. The van der Waals surface area contributed by atoms with Crippen LogP contribution in [0.3, 0.4) is 0 Å². The third kappa shape index (κ3) is 5.09. The van der Waals surface area contributed by atoms with Gasteiger partial charge in [-0.1, -0.05) is 0 Å². The highest BCUT2D eigenvalue weighted by Crippen LogP contribution is 2.53. The molecule has 0 aromatic carbocycles. The molecular formula is C28H39N9OS. The molecule has 5 rings (SSSR count). The predicted octanol–water partition coefficient (Wildman–Crippen LogP) is 3.71. The molecule has 2 fully saturated rings. The van der Waals surface area contributed by atoms with Gasteiger partial charge in [0.1, 0.15) is 17.2 Å². The molecule has 4 N–H and O–H groups in total. The summed E-state index contributed by atoms with van der Waals surface area (Å²) in [4.78, 5) is 19.1. The zero-order chi connectivity index (χ0) is 27.7. The first kappa shape index (κ1) is 27.4. The number of piperidine rings is 1. The molecule has 0 bridgehead atoms. The Morgan fingerprint density at radius 1 is 1.33 bits per heavy atom. The van der Waals surface area contributed by atoms with E-state index in [1.807, 2.05) is 30.1 Å². The monoisotopic (exact) mass is 549 g/mol. The zero-order valence-corrected chi connectivity index (χ0v) is 24.2. The fraction of sp³-hybridized carbons (Fsp3) is 0.571. The van der Waals surface area contributed by atoms with E-state index in [2.05, 4.69) is 39.9 Å². The van der Waals surface area contributed by atoms with Crippen molar-refractivity contribution in [1.82, 2.24) is 24.8 Å². The zero-order valence-electron chi connectivity index (χ0n) is 23.4. The Labute approximate surface area is 234 Å². The minimum Gasteiger partial charge on any atom is -0.459 e. The van der Waals surface area contributed by atoms with E-state index in [1.165, 1.54) is 11.3 Å². The number of hydrogen-bond acceptors (Lipinski definition) is 10. The average Bonchev–Trinajstić information content (AvgIpc) is 3.52. The second-order valence-electron chi connectivity index (χ2n) is 11.1. The van der Waals surface area contributed by atoms with Crippen molar-refractivity contribution in [3.05, 3.63) is 39.7 Å². The molecular weight excluding hydrogens is 510 g/mol. The highest BCUT2D eigenvalue weighted by molar-refractivity contribution is 7.16. The number of hydrogen-bond donors (Lipinski definition) is 2. The van der Waals surface area contributed by atoms with E-state index in [0.717, 1.165) is 67.8 Å². The van der Waals surface area contributed by atoms with Crippen molar-refractivity contribution >= 4 is 28.4 Å². The molecule has 3 aliphatic rings. The normalized spacial score (nSPS) is 25.5. The molecule has 2 aromatic heterocycles. The maximum Gasteiger partial charge on any atom is 0.317 e. The van der Waals surface area contributed by atoms with E-state index in [1.54, 1.807) is 23.9 Å². The molecule has 0 radical (unpaired) electrons. The van der Waals surface area contributed by atoms with Gasteiger partial charge in [0.2, 0.25) is 0 Å². The van der Waals surface area contributed by atoms with Crippen LogP contribution in [-0.2, 0) is 12.0 Å². The molecule has 4 heterocycles. The lowest BCUT2D eigenvalue weighted by Gasteiger charge is -2.49. The smallest absolute Gasteiger partial charge is 0.317 e. The number of allylic oxidation sites excluding steroid dienone is 1. The Morgan fingerprint density at radius 3 is 2.79 bits per heavy atom. The Balaban J connectivity index is 1.47. The molecule has 0 saturated carbocycles. The molecule has 2 aromatic rings. The number of likely N-dealkylation sites (N-methyl/N-ethyl adjacent to an activating group) is 1. The van der Waals surface area contributed by atoms with E-state index in [9.17, 15) is 5.26 Å². The number of aryl methyl sites for hydroxylation is 1. The fourth-order valence-corrected chi connectivity index (χ4v) is 7.66. The van der Waals surface area contributed by atoms with Crippen molar-refractivity contribution in [2.75, 3.05) is 27.7 Å². The number of aromatic nitrogens is 2. The number of rotatable bonds is 6. The van der Waals surface area contributed by atoms with Gasteiger partial charge in [0.25, 0.3) is 0 Å². The number of fused-ring (bicyclic) bond motifs is 2. The van der Waals surface area contributed by atoms with Crippen LogP contribution in [-0.4, -0.2) is 70.9 Å². The molecule has 1 spiro atoms. The summed E-state index contributed by atoms with van der Waals surface area (Å²) < 4.78 is 6.16. The lowest BCUT2D eigenvalue weighted by Crippen LogP contribution is -2.54. The van der Waals surface area contributed by atoms with Gasteiger partial charge in [-0.2, -0.15) is 10.2 Å². The quantitative estimate of drug-likeness (QED) is 0.314. The summed E-state index contributed by atoms with van der Waals surface area (Å²) in [5, 5.41) is 12.8. The van der Waals surface area contributed by atoms with Crippen molar-refractivity contribution in [2.45, 2.75) is 76.0 Å². The summed E-state index contributed by atoms with van der Waals surface area (Å²) in [6.45, 7) is 3.15. The molecule has 1 aliphatic carbocycles. The highest BCUT2D eigenvalue weighted by atomic mass is 32.1. The van der Waals surface area contributed by atoms with E-state index in [-0.39, 0.29) is 6.10 Å². The van der Waals surface area contributed by atoms with Gasteiger partial charge in [0.05, 0.1) is 34.5 Å². The van der Waals surface area contributed by atoms with Gasteiger partial charge in [-0.25, -0.2) is 15.8 Å². The lowest BCUT2D eigenvalue weighted by molar-refractivity contribution is 0.0661. The van der Waals surface area contributed by atoms with E-state index >= 15 is 0 Å². The minimum atomic E-state index is -0.493. The van der Waals surface area contributed by atoms with Gasteiger partial charge >= 0.3 is 6.01 Å². The summed E-state index contributed by atoms with van der Waals surface area (Å²) in [7, 11) is 5.97. The third-order valence-corrected chi connectivity index (χ3v) is 9.48. The largest absolute Gasteiger partial charge is 0.459 e. The van der Waals surface area contributed by atoms with Gasteiger partial charge in [-0.3, -0.25) is 4.90 Å². The topological polar surface area (TPSA) is 133 Å². The molecule has 208 valence electrons. The van der Waals surface area contributed by atoms with E-state index in [4.69, 9.17) is 16.3 Å². The van der Waals surface area contributed by atoms with E-state index in [0.29, 0.717) is 29.0 Å². The van der Waals surface area contributed by atoms with Gasteiger partial charge in [0, 0.05) is 36.8 Å². The number of aliphatic imine (C=N–C) groups is 1. The highest BCUT2D eigenvalue weighted by Gasteiger charge is 2.47. The second kappa shape index (κ2) is 11.1. The summed E-state index contributed by atoms with van der Waals surface area (Å²) in [5.74, 6) is 6.98. The van der Waals surface area contributed by atoms with Crippen molar-refractivity contribution in [3.8, 4) is 12.1 Å². The first-order valence-electron chi connectivity index (χ1n) is 13.8. The van der Waals surface area contributed by atoms with Crippen molar-refractivity contribution in [2.24, 2.45) is 16.6 Å². The minimum absolute atomic E-state index is 0.0291. The van der Waals surface area contributed by atoms with Gasteiger partial charge < -0.3 is 20.4 Å². The lowest BCUT2D eigenvalue weighted by atomic mass is 9.72. The Hall–Kier alpha value is -3.20. The maximum atomic E-state index is 10.2. The van der Waals surface area contributed by atoms with Crippen molar-refractivity contribution in [1.29, 1.82) is 5.26 Å². The van der Waals surface area contributed by atoms with Crippen LogP contribution in [0, 0.1) is 11.3 Å². The Bertz CT molecular complexity index is 1310. The van der Waals surface area contributed by atoms with Crippen LogP contribution in [0.5, 0.6) is 6.01 Å². The SMILES string of the molecule is C[C@H](Oc1nccc(/C(N)=C2\CCCC3(CCCc4sc(/N=C/N(C)C)c(C#N)c43)N2N)n1)[C@@H]1CCCN1C. The molecule has 3 atom stereocenters. The number of thiophene rings is 1. The molecule has 2 saturated heterocycles. The van der Waals surface area contributed by atoms with Crippen LogP contribution < -0.4 is 16.3 Å². The van der Waals surface area contributed by atoms with Crippen molar-refractivity contribution in [3.63, 3.8) is 0 Å². The molecule has 39 heavy (non-hydrogen) atoms. The van der Waals surface area contributed by atoms with Crippen LogP contribution in [0.25, 0.3) is 5.70 Å². The number of ether oxygens (including phenoxy) is 1. The van der Waals surface area contributed by atoms with Crippen LogP contribution >= 0.6 is 11.3 Å². The number of nitrogens with zero attached hydrogens (tertiary/aromatic N) is 7. The second-order valence-corrected chi connectivity index (χ2v) is 12.2. The standard InChI is InChI=1S/C28H39N9OS/c1-18(21-9-7-15-36(21)4)38-27-32-14-11-20(34-27)25(30)22-8-5-12-28(37(22)31)13-6-10-23-24(28)19(16-29)26(39-23)33-17-35(2)3/h11,14,17-18,21H,5-10,12-13,15,30-31H2,1-4H3/b25-22-,33-17+/t18-,21-,28?/m0/s1. The molecule has 2 aliphatic heterocycles. The third-order valence-electron chi connectivity index (χ3n) is 8.33. The first-order valence-corrected chi connectivity index (χ1v) is 14.6. The average molecular weight is 550 g/mol. The molecule has 0 amide bonds. The summed E-state index contributed by atoms with van der Waals surface area (Å²) in [5.41, 5.74) is 9.93. The van der Waals surface area contributed by atoms with Gasteiger partial charge in [0.15, 0.2) is 0 Å². The Morgan fingerprint density at radius 2 is 2.10 bits per heavy atom. The van der Waals surface area contributed by atoms with Crippen LogP contribution in [0.15, 0.2) is 23.0 Å². The fourth-order valence-electron chi connectivity index (χ4n) is 6.43. The Kier molecular flexibility index (Phi) is 7.80. The number of nitrogens with two attached hydrogens (primary N) is 2. The van der Waals surface area contributed by atoms with Crippen LogP contribution in [0.1, 0.15) is 73.6 Å². The summed E-state index contributed by atoms with van der Waals surface area (Å²) in [6, 6.07) is 4.93. The molecule has 11 heteroatoms. The summed E-state index contributed by atoms with van der Waals surface area (Å²) >= 11 is 1.61. The van der Waals surface area contributed by atoms with Gasteiger partial charge in [-0.15, -0.1) is 11.3 Å². The van der Waals surface area contributed by atoms with Crippen molar-refractivity contribution < 1.29 is 4.74 Å². The van der Waals surface area contributed by atoms with Crippen LogP contribution in [0.4, 0.5) is 5.00 Å². The van der Waals surface area contributed by atoms with E-state index < -0.39 is 5.54 Å². The molecule has 1 unspecified atom stereocenters. The van der Waals surface area contributed by atoms with Crippen LogP contribution in [0.2, 0.25) is 0 Å². The summed E-state index contributed by atoms with van der Waals surface area (Å²) in [6.07, 6.45) is 11.0. The number of likely N-dealkylation sites (tertiary alicyclic amines) is 1. The first-order chi connectivity index (χ1) is 18.7. The number of hydrazine groups is 1. The van der Waals surface area contributed by atoms with Gasteiger partial charge in [-0.05, 0) is 77.9 Å².